The summed E-state index contributed by atoms with van der Waals surface area (Å²) in [7, 11) is 0. The molecule has 2 atom stereocenters. The molecule has 2 aromatic carbocycles. The molecule has 0 radical (unpaired) electrons. The molecule has 1 fully saturated rings. The Morgan fingerprint density at radius 3 is 2.76 bits per heavy atom. The van der Waals surface area contributed by atoms with E-state index in [0.29, 0.717) is 36.7 Å². The molecule has 1 saturated heterocycles. The Balaban J connectivity index is 0.00000225. The summed E-state index contributed by atoms with van der Waals surface area (Å²) < 4.78 is 6.76. The third-order valence-corrected chi connectivity index (χ3v) is 4.48. The molecule has 5 nitrogen and oxygen atoms in total. The molecule has 1 aliphatic heterocycles. The van der Waals surface area contributed by atoms with Crippen LogP contribution in [0.15, 0.2) is 53.0 Å². The van der Waals surface area contributed by atoms with Crippen molar-refractivity contribution in [2.24, 2.45) is 5.92 Å². The smallest absolute Gasteiger partial charge is 0.255 e. The second-order valence-corrected chi connectivity index (χ2v) is 6.67. The fourth-order valence-corrected chi connectivity index (χ4v) is 3.03. The summed E-state index contributed by atoms with van der Waals surface area (Å²) in [5.74, 6) is 0.977. The number of carbonyl (C=O) groups is 1. The summed E-state index contributed by atoms with van der Waals surface area (Å²) in [4.78, 5) is 12.5. The fourth-order valence-electron chi connectivity index (χ4n) is 2.65. The Hall–Kier alpha value is -1.60. The Morgan fingerprint density at radius 2 is 2.04 bits per heavy atom. The summed E-state index contributed by atoms with van der Waals surface area (Å²) >= 11 is 3.40. The first kappa shape index (κ1) is 19.7. The van der Waals surface area contributed by atoms with Crippen molar-refractivity contribution in [3.63, 3.8) is 0 Å². The van der Waals surface area contributed by atoms with Crippen molar-refractivity contribution < 1.29 is 14.6 Å². The predicted octanol–water partition coefficient (Wildman–Crippen LogP) is 2.97. The van der Waals surface area contributed by atoms with Gasteiger partial charge in [-0.15, -0.1) is 12.4 Å². The zero-order chi connectivity index (χ0) is 16.9. The topological polar surface area (TPSA) is 70.6 Å². The average Bonchev–Trinajstić information content (AvgIpc) is 2.98. The zero-order valence-corrected chi connectivity index (χ0v) is 15.8. The molecule has 1 heterocycles. The van der Waals surface area contributed by atoms with Gasteiger partial charge in [-0.1, -0.05) is 34.1 Å². The van der Waals surface area contributed by atoms with Crippen LogP contribution in [0.4, 0.5) is 0 Å². The number of nitrogens with one attached hydrogen (secondary N) is 2. The molecule has 0 spiro atoms. The van der Waals surface area contributed by atoms with Crippen molar-refractivity contribution in [2.75, 3.05) is 19.6 Å². The van der Waals surface area contributed by atoms with Gasteiger partial charge in [0.15, 0.2) is 0 Å². The SMILES string of the molecule is Cl.O=C(NCC1CNCC1O)c1ccccc1Oc1cccc(Br)c1. The Morgan fingerprint density at radius 1 is 1.24 bits per heavy atom. The quantitative estimate of drug-likeness (QED) is 0.686. The minimum absolute atomic E-state index is 0. The number of amides is 1. The minimum atomic E-state index is -0.418. The third-order valence-electron chi connectivity index (χ3n) is 3.98. The van der Waals surface area contributed by atoms with Gasteiger partial charge in [0.1, 0.15) is 11.5 Å². The van der Waals surface area contributed by atoms with Gasteiger partial charge in [-0.25, -0.2) is 0 Å². The van der Waals surface area contributed by atoms with Crippen LogP contribution in [0, 0.1) is 5.92 Å². The number of hydrogen-bond donors (Lipinski definition) is 3. The van der Waals surface area contributed by atoms with E-state index in [2.05, 4.69) is 26.6 Å². The first-order valence-electron chi connectivity index (χ1n) is 7.83. The number of carbonyl (C=O) groups excluding carboxylic acids is 1. The highest BCUT2D eigenvalue weighted by Gasteiger charge is 2.25. The van der Waals surface area contributed by atoms with Gasteiger partial charge in [-0.3, -0.25) is 4.79 Å². The lowest BCUT2D eigenvalue weighted by Gasteiger charge is -2.15. The van der Waals surface area contributed by atoms with E-state index in [0.717, 1.165) is 4.47 Å². The summed E-state index contributed by atoms with van der Waals surface area (Å²) in [5.41, 5.74) is 0.470. The van der Waals surface area contributed by atoms with E-state index in [9.17, 15) is 9.90 Å². The maximum absolute atomic E-state index is 12.5. The molecule has 2 unspecified atom stereocenters. The molecule has 2 aromatic rings. The number of hydrogen-bond acceptors (Lipinski definition) is 4. The molecule has 3 N–H and O–H groups in total. The molecule has 25 heavy (non-hydrogen) atoms. The lowest BCUT2D eigenvalue weighted by Crippen LogP contribution is -2.34. The van der Waals surface area contributed by atoms with Crippen LogP contribution in [0.1, 0.15) is 10.4 Å². The Kier molecular flexibility index (Phi) is 7.25. The van der Waals surface area contributed by atoms with Crippen LogP contribution in [0.5, 0.6) is 11.5 Å². The first-order valence-corrected chi connectivity index (χ1v) is 8.62. The molecule has 7 heteroatoms. The number of rotatable bonds is 5. The van der Waals surface area contributed by atoms with Crippen LogP contribution in [0.25, 0.3) is 0 Å². The van der Waals surface area contributed by atoms with Crippen LogP contribution < -0.4 is 15.4 Å². The predicted molar refractivity (Wildman–Crippen MR) is 103 cm³/mol. The van der Waals surface area contributed by atoms with E-state index in [-0.39, 0.29) is 24.2 Å². The molecule has 0 aliphatic carbocycles. The molecule has 1 amide bonds. The standard InChI is InChI=1S/C18H19BrN2O3.ClH/c19-13-4-3-5-14(8-13)24-17-7-2-1-6-15(17)18(23)21-10-12-9-20-11-16(12)22;/h1-8,12,16,20,22H,9-11H2,(H,21,23);1H. The summed E-state index contributed by atoms with van der Waals surface area (Å²) in [6.45, 7) is 1.71. The van der Waals surface area contributed by atoms with Gasteiger partial charge in [0.05, 0.1) is 11.7 Å². The van der Waals surface area contributed by atoms with Crippen LogP contribution in [-0.2, 0) is 0 Å². The van der Waals surface area contributed by atoms with Gasteiger partial charge in [0.25, 0.3) is 5.91 Å². The Labute approximate surface area is 161 Å². The molecule has 0 saturated carbocycles. The van der Waals surface area contributed by atoms with Gasteiger partial charge in [-0.2, -0.15) is 0 Å². The van der Waals surface area contributed by atoms with E-state index >= 15 is 0 Å². The molecular weight excluding hydrogens is 408 g/mol. The maximum atomic E-state index is 12.5. The summed E-state index contributed by atoms with van der Waals surface area (Å²) in [5, 5.41) is 15.8. The molecule has 3 rings (SSSR count). The number of aliphatic hydroxyl groups excluding tert-OH is 1. The fraction of sp³-hybridized carbons (Fsp3) is 0.278. The van der Waals surface area contributed by atoms with Gasteiger partial charge in [0, 0.05) is 30.0 Å². The van der Waals surface area contributed by atoms with Crippen molar-refractivity contribution in [3.05, 3.63) is 58.6 Å². The van der Waals surface area contributed by atoms with E-state index in [1.807, 2.05) is 30.3 Å². The van der Waals surface area contributed by atoms with Crippen molar-refractivity contribution in [1.82, 2.24) is 10.6 Å². The molecule has 0 aromatic heterocycles. The highest BCUT2D eigenvalue weighted by molar-refractivity contribution is 9.10. The second-order valence-electron chi connectivity index (χ2n) is 5.75. The largest absolute Gasteiger partial charge is 0.456 e. The van der Waals surface area contributed by atoms with Crippen molar-refractivity contribution in [3.8, 4) is 11.5 Å². The zero-order valence-electron chi connectivity index (χ0n) is 13.4. The highest BCUT2D eigenvalue weighted by atomic mass is 79.9. The van der Waals surface area contributed by atoms with E-state index < -0.39 is 6.10 Å². The minimum Gasteiger partial charge on any atom is -0.456 e. The van der Waals surface area contributed by atoms with Gasteiger partial charge in [0.2, 0.25) is 0 Å². The molecule has 0 bridgehead atoms. The monoisotopic (exact) mass is 426 g/mol. The van der Waals surface area contributed by atoms with E-state index in [1.54, 1.807) is 18.2 Å². The number of ether oxygens (including phenoxy) is 1. The molecule has 1 aliphatic rings. The Bertz CT molecular complexity index is 729. The van der Waals surface area contributed by atoms with Crippen molar-refractivity contribution in [1.29, 1.82) is 0 Å². The van der Waals surface area contributed by atoms with E-state index in [1.165, 1.54) is 0 Å². The lowest BCUT2D eigenvalue weighted by atomic mass is 10.1. The lowest BCUT2D eigenvalue weighted by molar-refractivity contribution is 0.0925. The highest BCUT2D eigenvalue weighted by Crippen LogP contribution is 2.27. The normalized spacial score (nSPS) is 19.1. The molecule has 134 valence electrons. The van der Waals surface area contributed by atoms with Crippen LogP contribution in [0.2, 0.25) is 0 Å². The van der Waals surface area contributed by atoms with Gasteiger partial charge >= 0.3 is 0 Å². The first-order chi connectivity index (χ1) is 11.6. The van der Waals surface area contributed by atoms with Crippen LogP contribution in [-0.4, -0.2) is 36.8 Å². The summed E-state index contributed by atoms with van der Waals surface area (Å²) in [6.07, 6.45) is -0.418. The average molecular weight is 428 g/mol. The second kappa shape index (κ2) is 9.20. The van der Waals surface area contributed by atoms with Crippen LogP contribution in [0.3, 0.4) is 0 Å². The number of benzene rings is 2. The van der Waals surface area contributed by atoms with Crippen molar-refractivity contribution >= 4 is 34.2 Å². The summed E-state index contributed by atoms with van der Waals surface area (Å²) in [6, 6.07) is 14.6. The van der Waals surface area contributed by atoms with Crippen LogP contribution >= 0.6 is 28.3 Å². The molecular formula is C18H20BrClN2O3. The number of aliphatic hydroxyl groups is 1. The number of halogens is 2. The third kappa shape index (κ3) is 5.19. The maximum Gasteiger partial charge on any atom is 0.255 e. The van der Waals surface area contributed by atoms with E-state index in [4.69, 9.17) is 4.74 Å². The van der Waals surface area contributed by atoms with Crippen molar-refractivity contribution in [2.45, 2.75) is 6.10 Å². The van der Waals surface area contributed by atoms with Gasteiger partial charge in [-0.05, 0) is 30.3 Å². The number of para-hydroxylation sites is 1. The van der Waals surface area contributed by atoms with Gasteiger partial charge < -0.3 is 20.5 Å². The number of β-amino-alcohol motifs (C(OH)–C–C–N with tert-alkyl or cyclic N) is 1.